The summed E-state index contributed by atoms with van der Waals surface area (Å²) in [4.78, 5) is 0. The first-order chi connectivity index (χ1) is 8.99. The highest BCUT2D eigenvalue weighted by Gasteiger charge is 2.13. The van der Waals surface area contributed by atoms with E-state index < -0.39 is 17.5 Å². The molecule has 0 spiro atoms. The van der Waals surface area contributed by atoms with E-state index in [4.69, 9.17) is 0 Å². The van der Waals surface area contributed by atoms with E-state index in [0.29, 0.717) is 5.56 Å². The third-order valence-electron chi connectivity index (χ3n) is 2.55. The molecule has 100 valence electrons. The van der Waals surface area contributed by atoms with E-state index in [1.165, 1.54) is 6.07 Å². The summed E-state index contributed by atoms with van der Waals surface area (Å²) in [5.41, 5.74) is 0.330. The number of nitrogens with one attached hydrogen (secondary N) is 1. The molecule has 0 heterocycles. The van der Waals surface area contributed by atoms with E-state index in [2.05, 4.69) is 21.2 Å². The number of aromatic hydroxyl groups is 1. The Balaban J connectivity index is 2.19. The minimum Gasteiger partial charge on any atom is -0.508 e. The molecule has 0 aliphatic rings. The summed E-state index contributed by atoms with van der Waals surface area (Å²) in [5.74, 6) is -4.02. The number of hydrogen-bond acceptors (Lipinski definition) is 2. The minimum atomic E-state index is -1.52. The molecule has 0 aliphatic carbocycles. The highest BCUT2D eigenvalue weighted by atomic mass is 79.9. The summed E-state index contributed by atoms with van der Waals surface area (Å²) in [7, 11) is 0. The van der Waals surface area contributed by atoms with Crippen LogP contribution in [0.25, 0.3) is 0 Å². The van der Waals surface area contributed by atoms with Crippen LogP contribution in [0.1, 0.15) is 5.56 Å². The average Bonchev–Trinajstić information content (AvgIpc) is 2.39. The highest BCUT2D eigenvalue weighted by molar-refractivity contribution is 9.10. The van der Waals surface area contributed by atoms with Gasteiger partial charge in [-0.3, -0.25) is 0 Å². The summed E-state index contributed by atoms with van der Waals surface area (Å²) in [6.07, 6.45) is 0. The molecule has 0 radical (unpaired) electrons. The average molecular weight is 332 g/mol. The Morgan fingerprint density at radius 3 is 2.53 bits per heavy atom. The Hall–Kier alpha value is -1.69. The van der Waals surface area contributed by atoms with Gasteiger partial charge in [-0.15, -0.1) is 0 Å². The van der Waals surface area contributed by atoms with Gasteiger partial charge in [0.1, 0.15) is 5.75 Å². The lowest BCUT2D eigenvalue weighted by atomic mass is 10.2. The Morgan fingerprint density at radius 2 is 1.79 bits per heavy atom. The SMILES string of the molecule is Oc1ccc(Br)cc1CNc1ccc(F)c(F)c1F. The van der Waals surface area contributed by atoms with Crippen LogP contribution < -0.4 is 5.32 Å². The number of halogens is 4. The Morgan fingerprint density at radius 1 is 1.05 bits per heavy atom. The molecule has 0 amide bonds. The van der Waals surface area contributed by atoms with Crippen LogP contribution in [0.2, 0.25) is 0 Å². The number of phenols is 1. The molecule has 0 atom stereocenters. The maximum atomic E-state index is 13.4. The largest absolute Gasteiger partial charge is 0.508 e. The maximum Gasteiger partial charge on any atom is 0.196 e. The van der Waals surface area contributed by atoms with Gasteiger partial charge in [-0.05, 0) is 30.3 Å². The molecule has 0 aliphatic heterocycles. The van der Waals surface area contributed by atoms with Gasteiger partial charge in [0.2, 0.25) is 0 Å². The van der Waals surface area contributed by atoms with Crippen molar-refractivity contribution in [3.63, 3.8) is 0 Å². The molecule has 0 bridgehead atoms. The lowest BCUT2D eigenvalue weighted by Gasteiger charge is -2.10. The van der Waals surface area contributed by atoms with Gasteiger partial charge in [0.15, 0.2) is 17.5 Å². The van der Waals surface area contributed by atoms with Gasteiger partial charge >= 0.3 is 0 Å². The molecule has 0 saturated carbocycles. The standard InChI is InChI=1S/C13H9BrF3NO/c14-8-1-4-11(19)7(5-8)6-18-10-3-2-9(15)12(16)13(10)17/h1-5,18-19H,6H2. The first-order valence-electron chi connectivity index (χ1n) is 5.34. The predicted molar refractivity (Wildman–Crippen MR) is 69.4 cm³/mol. The van der Waals surface area contributed by atoms with E-state index in [9.17, 15) is 18.3 Å². The lowest BCUT2D eigenvalue weighted by molar-refractivity contribution is 0.448. The number of benzene rings is 2. The Kier molecular flexibility index (Phi) is 3.99. The zero-order valence-electron chi connectivity index (χ0n) is 9.55. The third kappa shape index (κ3) is 3.01. The van der Waals surface area contributed by atoms with Crippen molar-refractivity contribution in [1.82, 2.24) is 0 Å². The molecule has 6 heteroatoms. The zero-order valence-corrected chi connectivity index (χ0v) is 11.1. The number of hydrogen-bond donors (Lipinski definition) is 2. The molecule has 2 N–H and O–H groups in total. The topological polar surface area (TPSA) is 32.3 Å². The van der Waals surface area contributed by atoms with Gasteiger partial charge in [-0.1, -0.05) is 15.9 Å². The van der Waals surface area contributed by atoms with Crippen LogP contribution in [-0.4, -0.2) is 5.11 Å². The van der Waals surface area contributed by atoms with Crippen molar-refractivity contribution >= 4 is 21.6 Å². The van der Waals surface area contributed by atoms with Gasteiger partial charge in [0, 0.05) is 16.6 Å². The van der Waals surface area contributed by atoms with Crippen LogP contribution in [0.4, 0.5) is 18.9 Å². The van der Waals surface area contributed by atoms with E-state index in [0.717, 1.165) is 16.6 Å². The summed E-state index contributed by atoms with van der Waals surface area (Å²) in [5, 5.41) is 12.2. The normalized spacial score (nSPS) is 10.5. The van der Waals surface area contributed by atoms with Crippen molar-refractivity contribution in [3.8, 4) is 5.75 Å². The second kappa shape index (κ2) is 5.52. The Bertz CT molecular complexity index is 619. The number of phenolic OH excluding ortho intramolecular Hbond substituents is 1. The molecule has 2 nitrogen and oxygen atoms in total. The van der Waals surface area contributed by atoms with Gasteiger partial charge < -0.3 is 10.4 Å². The fraction of sp³-hybridized carbons (Fsp3) is 0.0769. The Labute approximate surface area is 116 Å². The highest BCUT2D eigenvalue weighted by Crippen LogP contribution is 2.24. The molecule has 0 saturated heterocycles. The number of anilines is 1. The molecule has 19 heavy (non-hydrogen) atoms. The van der Waals surface area contributed by atoms with Crippen molar-refractivity contribution in [1.29, 1.82) is 0 Å². The van der Waals surface area contributed by atoms with Crippen LogP contribution in [0.3, 0.4) is 0 Å². The monoisotopic (exact) mass is 331 g/mol. The van der Waals surface area contributed by atoms with Gasteiger partial charge in [-0.25, -0.2) is 13.2 Å². The van der Waals surface area contributed by atoms with E-state index in [-0.39, 0.29) is 18.0 Å². The van der Waals surface area contributed by atoms with Gasteiger partial charge in [0.05, 0.1) is 5.69 Å². The van der Waals surface area contributed by atoms with Crippen molar-refractivity contribution < 1.29 is 18.3 Å². The smallest absolute Gasteiger partial charge is 0.196 e. The first-order valence-corrected chi connectivity index (χ1v) is 6.13. The van der Waals surface area contributed by atoms with E-state index in [1.54, 1.807) is 12.1 Å². The zero-order chi connectivity index (χ0) is 14.0. The molecule has 0 fully saturated rings. The van der Waals surface area contributed by atoms with Crippen molar-refractivity contribution in [2.24, 2.45) is 0 Å². The molecule has 2 rings (SSSR count). The van der Waals surface area contributed by atoms with Crippen LogP contribution in [0.5, 0.6) is 5.75 Å². The second-order valence-corrected chi connectivity index (χ2v) is 4.77. The maximum absolute atomic E-state index is 13.4. The van der Waals surface area contributed by atoms with Crippen molar-refractivity contribution in [2.45, 2.75) is 6.54 Å². The first kappa shape index (κ1) is 13.7. The molecule has 0 unspecified atom stereocenters. The van der Waals surface area contributed by atoms with Gasteiger partial charge in [0.25, 0.3) is 0 Å². The van der Waals surface area contributed by atoms with Crippen molar-refractivity contribution in [2.75, 3.05) is 5.32 Å². The van der Waals surface area contributed by atoms with Crippen molar-refractivity contribution in [3.05, 3.63) is 57.8 Å². The summed E-state index contributed by atoms with van der Waals surface area (Å²) < 4.78 is 39.9. The fourth-order valence-electron chi connectivity index (χ4n) is 1.55. The molecule has 2 aromatic carbocycles. The fourth-order valence-corrected chi connectivity index (χ4v) is 1.96. The van der Waals surface area contributed by atoms with Crippen LogP contribution in [0.15, 0.2) is 34.8 Å². The second-order valence-electron chi connectivity index (χ2n) is 3.85. The van der Waals surface area contributed by atoms with E-state index in [1.807, 2.05) is 0 Å². The molecule has 2 aromatic rings. The minimum absolute atomic E-state index is 0.0266. The molecular formula is C13H9BrF3NO. The van der Waals surface area contributed by atoms with Crippen LogP contribution >= 0.6 is 15.9 Å². The molecular weight excluding hydrogens is 323 g/mol. The summed E-state index contributed by atoms with van der Waals surface area (Å²) >= 11 is 3.24. The lowest BCUT2D eigenvalue weighted by Crippen LogP contribution is -2.04. The third-order valence-corrected chi connectivity index (χ3v) is 3.04. The summed E-state index contributed by atoms with van der Waals surface area (Å²) in [6, 6.07) is 6.70. The van der Waals surface area contributed by atoms with Gasteiger partial charge in [-0.2, -0.15) is 0 Å². The van der Waals surface area contributed by atoms with Crippen LogP contribution in [0, 0.1) is 17.5 Å². The summed E-state index contributed by atoms with van der Waals surface area (Å²) in [6.45, 7) is 0.0767. The van der Waals surface area contributed by atoms with Crippen LogP contribution in [-0.2, 0) is 6.54 Å². The molecule has 0 aromatic heterocycles. The number of rotatable bonds is 3. The van der Waals surface area contributed by atoms with E-state index >= 15 is 0 Å². The predicted octanol–water partition coefficient (Wildman–Crippen LogP) is 4.18. The quantitative estimate of drug-likeness (QED) is 0.827.